The van der Waals surface area contributed by atoms with Gasteiger partial charge in [0.15, 0.2) is 0 Å². The van der Waals surface area contributed by atoms with E-state index in [-0.39, 0.29) is 5.69 Å². The van der Waals surface area contributed by atoms with E-state index in [9.17, 15) is 27.9 Å². The number of halogens is 4. The number of carbonyl (C=O) groups is 2. The maximum atomic E-state index is 13.2. The van der Waals surface area contributed by atoms with E-state index in [4.69, 9.17) is 11.6 Å². The van der Waals surface area contributed by atoms with E-state index in [1.54, 1.807) is 24.3 Å². The molecule has 3 N–H and O–H groups in total. The third kappa shape index (κ3) is 4.50. The Balaban J connectivity index is 2.15. The van der Waals surface area contributed by atoms with Crippen LogP contribution in [0.1, 0.15) is 5.56 Å². The second kappa shape index (κ2) is 7.85. The van der Waals surface area contributed by atoms with Crippen LogP contribution in [0.4, 0.5) is 29.3 Å². The van der Waals surface area contributed by atoms with Crippen LogP contribution in [0.3, 0.4) is 0 Å². The molecule has 144 valence electrons. The molecule has 10 heteroatoms. The molecule has 6 nitrogen and oxygen atoms in total. The fraction of sp³-hybridized carbons (Fsp3) is 0.176. The van der Waals surface area contributed by atoms with Crippen molar-refractivity contribution in [1.29, 1.82) is 0 Å². The van der Waals surface area contributed by atoms with Crippen LogP contribution in [-0.2, 0) is 15.1 Å². The van der Waals surface area contributed by atoms with Gasteiger partial charge < -0.3 is 20.5 Å². The SMILES string of the molecule is COC(=O)[C@@](O)(c1ccc(NC(=O)Nc2ccc(Cl)cc2)cc1)C(F)(F)F. The molecule has 0 unspecified atom stereocenters. The van der Waals surface area contributed by atoms with Gasteiger partial charge in [-0.05, 0) is 36.4 Å². The molecule has 2 aromatic rings. The number of aliphatic hydroxyl groups is 1. The average molecular weight is 403 g/mol. The van der Waals surface area contributed by atoms with Gasteiger partial charge in [-0.15, -0.1) is 0 Å². The first-order chi connectivity index (χ1) is 12.6. The molecule has 0 heterocycles. The lowest BCUT2D eigenvalue weighted by molar-refractivity contribution is -0.266. The smallest absolute Gasteiger partial charge is 0.432 e. The van der Waals surface area contributed by atoms with Gasteiger partial charge in [-0.2, -0.15) is 13.2 Å². The predicted molar refractivity (Wildman–Crippen MR) is 92.5 cm³/mol. The van der Waals surface area contributed by atoms with Crippen molar-refractivity contribution in [2.45, 2.75) is 11.8 Å². The van der Waals surface area contributed by atoms with Crippen LogP contribution in [0.25, 0.3) is 0 Å². The Hall–Kier alpha value is -2.78. The maximum Gasteiger partial charge on any atom is 0.432 e. The number of esters is 1. The molecule has 1 atom stereocenters. The lowest BCUT2D eigenvalue weighted by Gasteiger charge is -2.28. The predicted octanol–water partition coefficient (Wildman–Crippen LogP) is 3.91. The second-order valence-electron chi connectivity index (χ2n) is 5.36. The van der Waals surface area contributed by atoms with Crippen LogP contribution in [0.5, 0.6) is 0 Å². The summed E-state index contributed by atoms with van der Waals surface area (Å²) >= 11 is 5.73. The Morgan fingerprint density at radius 2 is 1.41 bits per heavy atom. The van der Waals surface area contributed by atoms with Gasteiger partial charge in [0.25, 0.3) is 5.60 Å². The number of hydrogen-bond acceptors (Lipinski definition) is 4. The van der Waals surface area contributed by atoms with Crippen molar-refractivity contribution in [1.82, 2.24) is 0 Å². The highest BCUT2D eigenvalue weighted by molar-refractivity contribution is 6.30. The van der Waals surface area contributed by atoms with Crippen LogP contribution >= 0.6 is 11.6 Å². The summed E-state index contributed by atoms with van der Waals surface area (Å²) in [6.07, 6.45) is -5.29. The molecule has 27 heavy (non-hydrogen) atoms. The van der Waals surface area contributed by atoms with Crippen molar-refractivity contribution in [2.75, 3.05) is 17.7 Å². The Kier molecular flexibility index (Phi) is 5.97. The number of rotatable bonds is 4. The Morgan fingerprint density at radius 1 is 0.963 bits per heavy atom. The van der Waals surface area contributed by atoms with Gasteiger partial charge in [0.05, 0.1) is 7.11 Å². The van der Waals surface area contributed by atoms with Crippen LogP contribution in [0.15, 0.2) is 48.5 Å². The zero-order chi connectivity index (χ0) is 20.2. The summed E-state index contributed by atoms with van der Waals surface area (Å²) in [7, 11) is 0.732. The molecule has 2 amide bonds. The van der Waals surface area contributed by atoms with Crippen LogP contribution in [0.2, 0.25) is 5.02 Å². The normalized spacial score (nSPS) is 13.4. The van der Waals surface area contributed by atoms with Gasteiger partial charge >= 0.3 is 18.2 Å². The van der Waals surface area contributed by atoms with Crippen molar-refractivity contribution >= 4 is 35.0 Å². The molecule has 0 aliphatic carbocycles. The van der Waals surface area contributed by atoms with E-state index in [0.717, 1.165) is 31.4 Å². The zero-order valence-corrected chi connectivity index (χ0v) is 14.6. The number of nitrogens with one attached hydrogen (secondary N) is 2. The quantitative estimate of drug-likeness (QED) is 0.677. The summed E-state index contributed by atoms with van der Waals surface area (Å²) < 4.78 is 43.6. The van der Waals surface area contributed by atoms with Crippen molar-refractivity contribution in [3.05, 3.63) is 59.1 Å². The van der Waals surface area contributed by atoms with Crippen molar-refractivity contribution < 1.29 is 32.6 Å². The van der Waals surface area contributed by atoms with Gasteiger partial charge in [0.2, 0.25) is 0 Å². The third-order valence-corrected chi connectivity index (χ3v) is 3.81. The monoisotopic (exact) mass is 402 g/mol. The van der Waals surface area contributed by atoms with Gasteiger partial charge in [0, 0.05) is 22.0 Å². The third-order valence-electron chi connectivity index (χ3n) is 3.55. The molecule has 0 bridgehead atoms. The lowest BCUT2D eigenvalue weighted by Crippen LogP contribution is -2.49. The van der Waals surface area contributed by atoms with E-state index < -0.39 is 29.3 Å². The van der Waals surface area contributed by atoms with E-state index in [1.165, 1.54) is 0 Å². The summed E-state index contributed by atoms with van der Waals surface area (Å²) in [5, 5.41) is 15.3. The second-order valence-corrected chi connectivity index (χ2v) is 5.80. The lowest BCUT2D eigenvalue weighted by atomic mass is 9.93. The number of methoxy groups -OCH3 is 1. The van der Waals surface area contributed by atoms with E-state index in [2.05, 4.69) is 15.4 Å². The highest BCUT2D eigenvalue weighted by atomic mass is 35.5. The Bertz CT molecular complexity index is 826. The average Bonchev–Trinajstić information content (AvgIpc) is 2.62. The fourth-order valence-corrected chi connectivity index (χ4v) is 2.29. The Labute approximate surface area is 156 Å². The van der Waals surface area contributed by atoms with Gasteiger partial charge in [-0.3, -0.25) is 0 Å². The number of alkyl halides is 3. The molecule has 0 aliphatic rings. The first-order valence-electron chi connectivity index (χ1n) is 7.39. The van der Waals surface area contributed by atoms with Crippen LogP contribution in [0, 0.1) is 0 Å². The van der Waals surface area contributed by atoms with Crippen LogP contribution in [-0.4, -0.2) is 30.4 Å². The number of hydrogen-bond donors (Lipinski definition) is 3. The van der Waals surface area contributed by atoms with Gasteiger partial charge in [-0.25, -0.2) is 9.59 Å². The molecule has 2 aromatic carbocycles. The first kappa shape index (κ1) is 20.5. The number of ether oxygens (including phenoxy) is 1. The summed E-state index contributed by atoms with van der Waals surface area (Å²) in [6, 6.07) is 9.55. The largest absolute Gasteiger partial charge is 0.466 e. The van der Waals surface area contributed by atoms with Crippen molar-refractivity contribution in [3.63, 3.8) is 0 Å². The standard InChI is InChI=1S/C17H14ClF3N2O4/c1-27-14(24)16(26,17(19,20)21)10-2-6-12(7-3-10)22-15(25)23-13-8-4-11(18)5-9-13/h2-9,26H,1H3,(H2,22,23,25)/t16-/m0/s1. The molecular weight excluding hydrogens is 389 g/mol. The molecule has 0 fully saturated rings. The molecule has 0 saturated carbocycles. The zero-order valence-electron chi connectivity index (χ0n) is 13.8. The molecule has 0 radical (unpaired) electrons. The number of urea groups is 1. The summed E-state index contributed by atoms with van der Waals surface area (Å²) in [4.78, 5) is 23.4. The fourth-order valence-electron chi connectivity index (χ4n) is 2.17. The minimum Gasteiger partial charge on any atom is -0.466 e. The number of carbonyl (C=O) groups excluding carboxylic acids is 2. The molecule has 0 spiro atoms. The van der Waals surface area contributed by atoms with Crippen molar-refractivity contribution in [3.8, 4) is 0 Å². The van der Waals surface area contributed by atoms with Crippen LogP contribution < -0.4 is 10.6 Å². The number of amides is 2. The summed E-state index contributed by atoms with van der Waals surface area (Å²) in [5.41, 5.74) is -3.97. The minimum atomic E-state index is -5.29. The first-order valence-corrected chi connectivity index (χ1v) is 7.77. The summed E-state index contributed by atoms with van der Waals surface area (Å²) in [5.74, 6) is -1.86. The highest BCUT2D eigenvalue weighted by Crippen LogP contribution is 2.40. The number of benzene rings is 2. The van der Waals surface area contributed by atoms with E-state index in [1.807, 2.05) is 0 Å². The van der Waals surface area contributed by atoms with Gasteiger partial charge in [0.1, 0.15) is 0 Å². The molecule has 0 saturated heterocycles. The molecule has 0 aliphatic heterocycles. The van der Waals surface area contributed by atoms with E-state index >= 15 is 0 Å². The van der Waals surface area contributed by atoms with E-state index in [0.29, 0.717) is 10.7 Å². The minimum absolute atomic E-state index is 0.139. The topological polar surface area (TPSA) is 87.7 Å². The number of anilines is 2. The Morgan fingerprint density at radius 3 is 1.81 bits per heavy atom. The summed E-state index contributed by atoms with van der Waals surface area (Å²) in [6.45, 7) is 0. The maximum absolute atomic E-state index is 13.2. The van der Waals surface area contributed by atoms with Gasteiger partial charge in [-0.1, -0.05) is 23.7 Å². The molecular formula is C17H14ClF3N2O4. The molecule has 0 aromatic heterocycles. The molecule has 2 rings (SSSR count). The highest BCUT2D eigenvalue weighted by Gasteiger charge is 2.62. The van der Waals surface area contributed by atoms with Crippen molar-refractivity contribution in [2.24, 2.45) is 0 Å².